The molecule has 0 heterocycles. The Labute approximate surface area is 155 Å². The standard InChI is InChI=1S/C24H49/c1-3-5-7-9-11-13-15-17-19-21-23-24-22-20-18-16-14-12-10-8-6-4-2/h5H,3-4,6-24H2,1-2H3. The van der Waals surface area contributed by atoms with Crippen LogP contribution in [0.2, 0.25) is 0 Å². The Bertz CT molecular complexity index is 174. The number of hydrogen-bond acceptors (Lipinski definition) is 0. The van der Waals surface area contributed by atoms with Crippen molar-refractivity contribution in [1.82, 2.24) is 0 Å². The van der Waals surface area contributed by atoms with Gasteiger partial charge in [-0.3, -0.25) is 0 Å². The van der Waals surface area contributed by atoms with Crippen LogP contribution in [0.4, 0.5) is 0 Å². The van der Waals surface area contributed by atoms with Crippen molar-refractivity contribution in [2.24, 2.45) is 0 Å². The van der Waals surface area contributed by atoms with Crippen molar-refractivity contribution in [3.63, 3.8) is 0 Å². The smallest absolute Gasteiger partial charge is 0.0389 e. The van der Waals surface area contributed by atoms with Crippen LogP contribution >= 0.6 is 0 Å². The highest BCUT2D eigenvalue weighted by atomic mass is 14.0. The Balaban J connectivity index is 2.93. The van der Waals surface area contributed by atoms with Crippen LogP contribution in [0.1, 0.15) is 149 Å². The van der Waals surface area contributed by atoms with Gasteiger partial charge in [0, 0.05) is 0 Å². The Hall–Kier alpha value is 0. The van der Waals surface area contributed by atoms with E-state index in [-0.39, 0.29) is 0 Å². The summed E-state index contributed by atoms with van der Waals surface area (Å²) in [6.45, 7) is 4.55. The number of hydrogen-bond donors (Lipinski definition) is 0. The summed E-state index contributed by atoms with van der Waals surface area (Å²) >= 11 is 0. The zero-order chi connectivity index (χ0) is 17.6. The molecule has 0 fully saturated rings. The topological polar surface area (TPSA) is 0 Å². The first-order valence-corrected chi connectivity index (χ1v) is 11.7. The van der Waals surface area contributed by atoms with Gasteiger partial charge in [0.1, 0.15) is 0 Å². The third-order valence-corrected chi connectivity index (χ3v) is 5.30. The van der Waals surface area contributed by atoms with Gasteiger partial charge in [-0.1, -0.05) is 149 Å². The molecule has 0 unspecified atom stereocenters. The lowest BCUT2D eigenvalue weighted by Gasteiger charge is -2.04. The Kier molecular flexibility index (Phi) is 23.0. The van der Waals surface area contributed by atoms with E-state index in [1.54, 1.807) is 0 Å². The Morgan fingerprint density at radius 3 is 0.958 bits per heavy atom. The van der Waals surface area contributed by atoms with Crippen LogP contribution < -0.4 is 0 Å². The summed E-state index contributed by atoms with van der Waals surface area (Å²) in [6, 6.07) is 0. The predicted molar refractivity (Wildman–Crippen MR) is 113 cm³/mol. The summed E-state index contributed by atoms with van der Waals surface area (Å²) < 4.78 is 0. The van der Waals surface area contributed by atoms with E-state index < -0.39 is 0 Å². The second-order valence-electron chi connectivity index (χ2n) is 7.85. The highest BCUT2D eigenvalue weighted by molar-refractivity contribution is 4.60. The van der Waals surface area contributed by atoms with Crippen molar-refractivity contribution >= 4 is 0 Å². The first kappa shape index (κ1) is 24.0. The van der Waals surface area contributed by atoms with E-state index in [9.17, 15) is 0 Å². The highest BCUT2D eigenvalue weighted by Gasteiger charge is 1.95. The van der Waals surface area contributed by atoms with Crippen LogP contribution in [-0.2, 0) is 0 Å². The normalized spacial score (nSPS) is 11.2. The van der Waals surface area contributed by atoms with Gasteiger partial charge in [-0.2, -0.15) is 0 Å². The fraction of sp³-hybridized carbons (Fsp3) is 0.958. The van der Waals surface area contributed by atoms with Crippen LogP contribution in [-0.4, -0.2) is 0 Å². The van der Waals surface area contributed by atoms with Gasteiger partial charge < -0.3 is 0 Å². The minimum absolute atomic E-state index is 1.25. The molecular weight excluding hydrogens is 288 g/mol. The summed E-state index contributed by atoms with van der Waals surface area (Å²) in [5.74, 6) is 0. The second kappa shape index (κ2) is 23.0. The maximum absolute atomic E-state index is 2.42. The van der Waals surface area contributed by atoms with E-state index in [1.165, 1.54) is 135 Å². The molecule has 0 saturated carbocycles. The molecule has 0 saturated heterocycles. The summed E-state index contributed by atoms with van der Waals surface area (Å²) in [5.41, 5.74) is 0. The first-order valence-electron chi connectivity index (χ1n) is 11.7. The summed E-state index contributed by atoms with van der Waals surface area (Å²) in [5, 5.41) is 0. The Morgan fingerprint density at radius 1 is 0.375 bits per heavy atom. The quantitative estimate of drug-likeness (QED) is 0.183. The minimum Gasteiger partial charge on any atom is -0.0654 e. The lowest BCUT2D eigenvalue weighted by atomic mass is 10.0. The third kappa shape index (κ3) is 22.0. The molecule has 0 rings (SSSR count). The molecule has 0 atom stereocenters. The van der Waals surface area contributed by atoms with Crippen LogP contribution in [0.25, 0.3) is 0 Å². The molecule has 0 heteroatoms. The third-order valence-electron chi connectivity index (χ3n) is 5.30. The molecule has 0 aliphatic rings. The first-order chi connectivity index (χ1) is 11.9. The SMILES string of the molecule is CC[CH]CCCCCCCCCCCCCCCCCCCCC. The van der Waals surface area contributed by atoms with Crippen LogP contribution in [0.5, 0.6) is 0 Å². The maximum Gasteiger partial charge on any atom is -0.0389 e. The van der Waals surface area contributed by atoms with Crippen molar-refractivity contribution in [1.29, 1.82) is 0 Å². The molecule has 1 radical (unpaired) electrons. The van der Waals surface area contributed by atoms with Crippen molar-refractivity contribution in [3.05, 3.63) is 6.42 Å². The molecule has 145 valence electrons. The van der Waals surface area contributed by atoms with Crippen molar-refractivity contribution < 1.29 is 0 Å². The molecule has 0 amide bonds. The molecule has 0 spiro atoms. The van der Waals surface area contributed by atoms with Gasteiger partial charge in [-0.25, -0.2) is 0 Å². The molecule has 0 nitrogen and oxygen atoms in total. The van der Waals surface area contributed by atoms with Gasteiger partial charge in [0.2, 0.25) is 0 Å². The van der Waals surface area contributed by atoms with Gasteiger partial charge in [0.05, 0.1) is 0 Å². The molecule has 0 aromatic carbocycles. The van der Waals surface area contributed by atoms with Crippen LogP contribution in [0.3, 0.4) is 0 Å². The van der Waals surface area contributed by atoms with E-state index in [0.29, 0.717) is 0 Å². The molecule has 0 N–H and O–H groups in total. The largest absolute Gasteiger partial charge is 0.0654 e. The lowest BCUT2D eigenvalue weighted by Crippen LogP contribution is -1.84. The molecule has 24 heavy (non-hydrogen) atoms. The summed E-state index contributed by atoms with van der Waals surface area (Å²) in [7, 11) is 0. The number of rotatable bonds is 21. The molecule has 0 aromatic heterocycles. The minimum atomic E-state index is 1.25. The highest BCUT2D eigenvalue weighted by Crippen LogP contribution is 2.15. The van der Waals surface area contributed by atoms with Crippen molar-refractivity contribution in [2.45, 2.75) is 149 Å². The molecule has 0 aliphatic heterocycles. The molecule has 0 aliphatic carbocycles. The Morgan fingerprint density at radius 2 is 0.667 bits per heavy atom. The zero-order valence-corrected chi connectivity index (χ0v) is 17.4. The average molecular weight is 338 g/mol. The van der Waals surface area contributed by atoms with E-state index in [0.717, 1.165) is 0 Å². The van der Waals surface area contributed by atoms with Crippen LogP contribution in [0, 0.1) is 6.42 Å². The van der Waals surface area contributed by atoms with E-state index >= 15 is 0 Å². The van der Waals surface area contributed by atoms with E-state index in [4.69, 9.17) is 0 Å². The average Bonchev–Trinajstić information content (AvgIpc) is 2.60. The number of unbranched alkanes of at least 4 members (excludes halogenated alkanes) is 21. The molecular formula is C24H49. The van der Waals surface area contributed by atoms with Gasteiger partial charge in [-0.05, 0) is 6.42 Å². The van der Waals surface area contributed by atoms with Gasteiger partial charge in [0.15, 0.2) is 0 Å². The van der Waals surface area contributed by atoms with E-state index in [1.807, 2.05) is 0 Å². The maximum atomic E-state index is 2.42. The second-order valence-corrected chi connectivity index (χ2v) is 7.85. The summed E-state index contributed by atoms with van der Waals surface area (Å²) in [4.78, 5) is 0. The van der Waals surface area contributed by atoms with Crippen molar-refractivity contribution in [3.8, 4) is 0 Å². The molecule has 0 bridgehead atoms. The van der Waals surface area contributed by atoms with Gasteiger partial charge in [0.25, 0.3) is 0 Å². The fourth-order valence-corrected chi connectivity index (χ4v) is 3.57. The van der Waals surface area contributed by atoms with E-state index in [2.05, 4.69) is 20.3 Å². The van der Waals surface area contributed by atoms with Crippen LogP contribution in [0.15, 0.2) is 0 Å². The van der Waals surface area contributed by atoms with Crippen molar-refractivity contribution in [2.75, 3.05) is 0 Å². The monoisotopic (exact) mass is 337 g/mol. The zero-order valence-electron chi connectivity index (χ0n) is 17.4. The van der Waals surface area contributed by atoms with Gasteiger partial charge >= 0.3 is 0 Å². The lowest BCUT2D eigenvalue weighted by molar-refractivity contribution is 0.523. The fourth-order valence-electron chi connectivity index (χ4n) is 3.57. The molecule has 0 aromatic rings. The predicted octanol–water partition coefficient (Wildman–Crippen LogP) is 9.42. The van der Waals surface area contributed by atoms with Gasteiger partial charge in [-0.15, -0.1) is 0 Å². The summed E-state index contributed by atoms with van der Waals surface area (Å²) in [6.07, 6.45) is 33.0.